The van der Waals surface area contributed by atoms with Gasteiger partial charge < -0.3 is 18.9 Å². The number of carbonyl (C=O) groups excluding carboxylic acids is 1. The first-order valence-corrected chi connectivity index (χ1v) is 14.0. The van der Waals surface area contributed by atoms with Gasteiger partial charge >= 0.3 is 5.97 Å². The molecular weight excluding hydrogens is 640 g/mol. The molecule has 2 aromatic carbocycles. The van der Waals surface area contributed by atoms with E-state index in [-0.39, 0.29) is 17.2 Å². The number of rotatable bonds is 7. The number of methoxy groups -OCH3 is 3. The van der Waals surface area contributed by atoms with E-state index in [0.717, 1.165) is 4.47 Å². The number of halogens is 2. The summed E-state index contributed by atoms with van der Waals surface area (Å²) in [7, 11) is 4.67. The molecule has 0 fully saturated rings. The number of nitrogens with zero attached hydrogens (tertiary/aromatic N) is 2. The van der Waals surface area contributed by atoms with E-state index in [0.29, 0.717) is 47.9 Å². The van der Waals surface area contributed by atoms with Crippen LogP contribution in [-0.4, -0.2) is 38.0 Å². The maximum Gasteiger partial charge on any atom is 0.338 e. The van der Waals surface area contributed by atoms with Crippen molar-refractivity contribution in [2.24, 2.45) is 4.99 Å². The zero-order valence-corrected chi connectivity index (χ0v) is 25.6. The summed E-state index contributed by atoms with van der Waals surface area (Å²) in [5.74, 6) is 1.13. The number of carbonyl (C=O) groups is 1. The molecule has 38 heavy (non-hydrogen) atoms. The van der Waals surface area contributed by atoms with Crippen LogP contribution in [0.25, 0.3) is 6.08 Å². The van der Waals surface area contributed by atoms with Crippen LogP contribution >= 0.6 is 43.2 Å². The molecule has 0 N–H and O–H groups in total. The van der Waals surface area contributed by atoms with Crippen molar-refractivity contribution < 1.29 is 23.7 Å². The third-order valence-electron chi connectivity index (χ3n) is 5.86. The zero-order valence-electron chi connectivity index (χ0n) is 21.6. The van der Waals surface area contributed by atoms with E-state index in [1.807, 2.05) is 18.2 Å². The van der Waals surface area contributed by atoms with Gasteiger partial charge in [0, 0.05) is 21.7 Å². The highest BCUT2D eigenvalue weighted by atomic mass is 79.9. The molecule has 3 aromatic rings. The predicted molar refractivity (Wildman–Crippen MR) is 153 cm³/mol. The van der Waals surface area contributed by atoms with E-state index in [1.54, 1.807) is 60.3 Å². The molecule has 11 heteroatoms. The molecule has 2 heterocycles. The van der Waals surface area contributed by atoms with Gasteiger partial charge in [0.15, 0.2) is 4.80 Å². The van der Waals surface area contributed by atoms with Crippen LogP contribution in [0.15, 0.2) is 60.3 Å². The molecule has 0 saturated heterocycles. The Hall–Kier alpha value is -2.89. The number of aromatic nitrogens is 1. The quantitative estimate of drug-likeness (QED) is 0.339. The molecule has 1 aromatic heterocycles. The number of benzene rings is 2. The summed E-state index contributed by atoms with van der Waals surface area (Å²) < 4.78 is 25.6. The summed E-state index contributed by atoms with van der Waals surface area (Å²) in [6, 6.07) is 8.22. The molecule has 0 bridgehead atoms. The van der Waals surface area contributed by atoms with Gasteiger partial charge in [-0.25, -0.2) is 9.79 Å². The van der Waals surface area contributed by atoms with Gasteiger partial charge in [0.05, 0.1) is 47.7 Å². The van der Waals surface area contributed by atoms with Gasteiger partial charge in [-0.05, 0) is 67.0 Å². The highest BCUT2D eigenvalue weighted by Crippen LogP contribution is 2.38. The average molecular weight is 666 g/mol. The van der Waals surface area contributed by atoms with Crippen molar-refractivity contribution >= 4 is 55.2 Å². The summed E-state index contributed by atoms with van der Waals surface area (Å²) in [5.41, 5.74) is 1.75. The summed E-state index contributed by atoms with van der Waals surface area (Å²) in [6.45, 7) is 5.30. The molecule has 0 radical (unpaired) electrons. The maximum absolute atomic E-state index is 14.0. The molecule has 0 unspecified atom stereocenters. The van der Waals surface area contributed by atoms with Crippen LogP contribution in [0.4, 0.5) is 0 Å². The number of thiazole rings is 1. The maximum atomic E-state index is 14.0. The minimum atomic E-state index is -0.809. The van der Waals surface area contributed by atoms with Gasteiger partial charge in [0.2, 0.25) is 0 Å². The zero-order chi connectivity index (χ0) is 27.7. The number of hydrogen-bond donors (Lipinski definition) is 0. The van der Waals surface area contributed by atoms with E-state index in [2.05, 4.69) is 36.9 Å². The second-order valence-corrected chi connectivity index (χ2v) is 11.4. The number of hydrogen-bond acceptors (Lipinski definition) is 8. The highest BCUT2D eigenvalue weighted by Gasteiger charge is 2.35. The van der Waals surface area contributed by atoms with Crippen molar-refractivity contribution in [3.05, 3.63) is 81.4 Å². The van der Waals surface area contributed by atoms with E-state index >= 15 is 0 Å². The van der Waals surface area contributed by atoms with Crippen molar-refractivity contribution in [1.29, 1.82) is 0 Å². The molecule has 1 aliphatic rings. The van der Waals surface area contributed by atoms with Crippen LogP contribution in [0.3, 0.4) is 0 Å². The lowest BCUT2D eigenvalue weighted by atomic mass is 9.95. The van der Waals surface area contributed by atoms with E-state index < -0.39 is 12.0 Å². The summed E-state index contributed by atoms with van der Waals surface area (Å²) >= 11 is 8.24. The van der Waals surface area contributed by atoms with Crippen molar-refractivity contribution in [1.82, 2.24) is 4.57 Å². The number of esters is 1. The monoisotopic (exact) mass is 664 g/mol. The lowest BCUT2D eigenvalue weighted by Crippen LogP contribution is -2.40. The minimum absolute atomic E-state index is 0.277. The topological polar surface area (TPSA) is 88.3 Å². The summed E-state index contributed by atoms with van der Waals surface area (Å²) in [5, 5.41) is 0. The Morgan fingerprint density at radius 2 is 1.74 bits per heavy atom. The Bertz CT molecular complexity index is 1620. The summed E-state index contributed by atoms with van der Waals surface area (Å²) in [6.07, 6.45) is 1.39. The minimum Gasteiger partial charge on any atom is -0.496 e. The van der Waals surface area contributed by atoms with Gasteiger partial charge in [0.1, 0.15) is 23.3 Å². The largest absolute Gasteiger partial charge is 0.496 e. The first-order valence-electron chi connectivity index (χ1n) is 11.6. The molecule has 1 aliphatic heterocycles. The van der Waals surface area contributed by atoms with E-state index in [1.165, 1.54) is 15.9 Å². The van der Waals surface area contributed by atoms with Crippen LogP contribution in [0.1, 0.15) is 37.9 Å². The molecule has 0 spiro atoms. The fourth-order valence-electron chi connectivity index (χ4n) is 4.21. The van der Waals surface area contributed by atoms with Gasteiger partial charge in [-0.15, -0.1) is 0 Å². The van der Waals surface area contributed by atoms with Crippen molar-refractivity contribution in [2.45, 2.75) is 32.9 Å². The van der Waals surface area contributed by atoms with Gasteiger partial charge in [-0.1, -0.05) is 27.3 Å². The molecule has 1 atom stereocenters. The van der Waals surface area contributed by atoms with E-state index in [4.69, 9.17) is 18.9 Å². The molecule has 200 valence electrons. The third-order valence-corrected chi connectivity index (χ3v) is 7.96. The van der Waals surface area contributed by atoms with Gasteiger partial charge in [-0.2, -0.15) is 0 Å². The first-order chi connectivity index (χ1) is 18.1. The van der Waals surface area contributed by atoms with Crippen LogP contribution in [-0.2, 0) is 9.53 Å². The SMILES string of the molecule is COc1cc(OC)c(/C=c2\sc3n(c2=O)[C@H](c2cc(Br)ccc2OC)C(C(=O)OC(C)C)=C(C)N=3)cc1Br. The molecule has 0 saturated carbocycles. The second kappa shape index (κ2) is 11.5. The fourth-order valence-corrected chi connectivity index (χ4v) is 6.15. The molecule has 0 aliphatic carbocycles. The Balaban J connectivity index is 2.01. The standard InChI is InChI=1S/C27H26Br2N2O6S/c1-13(2)37-26(33)23-14(3)30-27-31(24(23)17-11-16(28)7-8-19(17)34-4)25(32)22(38-27)10-15-9-18(29)21(36-6)12-20(15)35-5/h7-13,24H,1-6H3/b22-10-/t24-/m1/s1. The van der Waals surface area contributed by atoms with E-state index in [9.17, 15) is 9.59 Å². The van der Waals surface area contributed by atoms with Gasteiger partial charge in [0.25, 0.3) is 5.56 Å². The van der Waals surface area contributed by atoms with Crippen molar-refractivity contribution in [3.8, 4) is 17.2 Å². The Morgan fingerprint density at radius 3 is 2.37 bits per heavy atom. The number of fused-ring (bicyclic) bond motifs is 1. The van der Waals surface area contributed by atoms with Crippen LogP contribution in [0.2, 0.25) is 0 Å². The predicted octanol–water partition coefficient (Wildman–Crippen LogP) is 4.74. The Labute approximate surface area is 240 Å². The molecule has 4 rings (SSSR count). The average Bonchev–Trinajstić information content (AvgIpc) is 3.17. The Morgan fingerprint density at radius 1 is 1.05 bits per heavy atom. The molecule has 8 nitrogen and oxygen atoms in total. The third kappa shape index (κ3) is 5.32. The lowest BCUT2D eigenvalue weighted by molar-refractivity contribution is -0.143. The first kappa shape index (κ1) is 28.1. The van der Waals surface area contributed by atoms with Crippen molar-refractivity contribution in [2.75, 3.05) is 21.3 Å². The van der Waals surface area contributed by atoms with Crippen molar-refractivity contribution in [3.63, 3.8) is 0 Å². The second-order valence-electron chi connectivity index (χ2n) is 8.65. The van der Waals surface area contributed by atoms with Crippen LogP contribution in [0.5, 0.6) is 17.2 Å². The molecule has 0 amide bonds. The van der Waals surface area contributed by atoms with Crippen LogP contribution < -0.4 is 29.1 Å². The fraction of sp³-hybridized carbons (Fsp3) is 0.296. The molecular formula is C27H26Br2N2O6S. The normalized spacial score (nSPS) is 15.3. The Kier molecular flexibility index (Phi) is 8.49. The van der Waals surface area contributed by atoms with Crippen LogP contribution in [0, 0.1) is 0 Å². The lowest BCUT2D eigenvalue weighted by Gasteiger charge is -2.26. The number of allylic oxidation sites excluding steroid dienone is 1. The highest BCUT2D eigenvalue weighted by molar-refractivity contribution is 9.10. The smallest absolute Gasteiger partial charge is 0.338 e. The van der Waals surface area contributed by atoms with Gasteiger partial charge in [-0.3, -0.25) is 9.36 Å². The number of ether oxygens (including phenoxy) is 4. The summed E-state index contributed by atoms with van der Waals surface area (Å²) in [4.78, 5) is 32.4.